The van der Waals surface area contributed by atoms with Gasteiger partial charge in [-0.3, -0.25) is 4.99 Å². The van der Waals surface area contributed by atoms with E-state index in [0.717, 1.165) is 50.8 Å². The van der Waals surface area contributed by atoms with Crippen LogP contribution in [0, 0.1) is 6.92 Å². The van der Waals surface area contributed by atoms with Crippen molar-refractivity contribution in [3.8, 4) is 0 Å². The molecule has 0 bridgehead atoms. The number of thioether (sulfide) groups is 1. The number of hydrogen-bond donors (Lipinski definition) is 1. The molecule has 1 heterocycles. The topological polar surface area (TPSA) is 36.9 Å². The molecule has 24 heavy (non-hydrogen) atoms. The number of aryl methyl sites for hydroxylation is 1. The van der Waals surface area contributed by atoms with E-state index in [1.165, 1.54) is 10.5 Å². The van der Waals surface area contributed by atoms with Crippen molar-refractivity contribution in [3.05, 3.63) is 29.8 Å². The normalized spacial score (nSPS) is 16.0. The van der Waals surface area contributed by atoms with Crippen LogP contribution >= 0.6 is 35.7 Å². The van der Waals surface area contributed by atoms with E-state index in [1.807, 2.05) is 18.8 Å². The summed E-state index contributed by atoms with van der Waals surface area (Å²) in [6.07, 6.45) is 2.60. The number of piperidine rings is 1. The molecule has 1 aromatic rings. The summed E-state index contributed by atoms with van der Waals surface area (Å²) in [5, 5.41) is 3.48. The lowest BCUT2D eigenvalue weighted by Crippen LogP contribution is -2.47. The number of hydrogen-bond acceptors (Lipinski definition) is 3. The predicted octanol–water partition coefficient (Wildman–Crippen LogP) is 3.78. The van der Waals surface area contributed by atoms with Crippen molar-refractivity contribution in [1.82, 2.24) is 10.2 Å². The Labute approximate surface area is 167 Å². The number of halogens is 1. The molecule has 136 valence electrons. The van der Waals surface area contributed by atoms with Gasteiger partial charge >= 0.3 is 0 Å². The minimum absolute atomic E-state index is 0. The van der Waals surface area contributed by atoms with Gasteiger partial charge < -0.3 is 15.0 Å². The molecule has 4 nitrogen and oxygen atoms in total. The highest BCUT2D eigenvalue weighted by atomic mass is 127. The first kappa shape index (κ1) is 21.6. The van der Waals surface area contributed by atoms with E-state index < -0.39 is 0 Å². The zero-order valence-electron chi connectivity index (χ0n) is 15.0. The van der Waals surface area contributed by atoms with E-state index in [4.69, 9.17) is 4.74 Å². The average molecular weight is 463 g/mol. The quantitative estimate of drug-likeness (QED) is 0.229. The number of nitrogens with zero attached hydrogens (tertiary/aromatic N) is 2. The van der Waals surface area contributed by atoms with Crippen molar-refractivity contribution in [2.75, 3.05) is 39.0 Å². The average Bonchev–Trinajstić information content (AvgIpc) is 2.58. The molecule has 1 N–H and O–H groups in total. The van der Waals surface area contributed by atoms with Crippen LogP contribution in [0.4, 0.5) is 0 Å². The maximum atomic E-state index is 5.71. The second kappa shape index (κ2) is 12.0. The van der Waals surface area contributed by atoms with Gasteiger partial charge in [-0.25, -0.2) is 0 Å². The Morgan fingerprint density at radius 1 is 1.29 bits per heavy atom. The molecular weight excluding hydrogens is 433 g/mol. The standard InChI is InChI=1S/C18H29N3OS.HI/c1-4-22-16-9-12-21(13-10-16)18(19-3)20-11-14-23-17-7-5-15(2)6-8-17;/h5-8,16H,4,9-14H2,1-3H3,(H,19,20);1H. The van der Waals surface area contributed by atoms with Crippen LogP contribution in [0.5, 0.6) is 0 Å². The Balaban J connectivity index is 0.00000288. The lowest BCUT2D eigenvalue weighted by atomic mass is 10.1. The zero-order chi connectivity index (χ0) is 16.5. The van der Waals surface area contributed by atoms with E-state index in [1.54, 1.807) is 0 Å². The lowest BCUT2D eigenvalue weighted by molar-refractivity contribution is 0.0264. The number of rotatable bonds is 6. The summed E-state index contributed by atoms with van der Waals surface area (Å²) in [7, 11) is 1.87. The fourth-order valence-electron chi connectivity index (χ4n) is 2.77. The highest BCUT2D eigenvalue weighted by Gasteiger charge is 2.21. The number of benzene rings is 1. The summed E-state index contributed by atoms with van der Waals surface area (Å²) in [5.41, 5.74) is 1.31. The maximum Gasteiger partial charge on any atom is 0.193 e. The van der Waals surface area contributed by atoms with Crippen LogP contribution < -0.4 is 5.32 Å². The summed E-state index contributed by atoms with van der Waals surface area (Å²) >= 11 is 1.88. The Bertz CT molecular complexity index is 488. The Hall–Kier alpha value is -0.470. The molecule has 0 unspecified atom stereocenters. The fraction of sp³-hybridized carbons (Fsp3) is 0.611. The number of likely N-dealkylation sites (tertiary alicyclic amines) is 1. The third-order valence-corrected chi connectivity index (χ3v) is 5.04. The molecule has 1 aliphatic rings. The molecule has 0 aliphatic carbocycles. The summed E-state index contributed by atoms with van der Waals surface area (Å²) in [6, 6.07) is 8.70. The molecule has 0 spiro atoms. The second-order valence-electron chi connectivity index (χ2n) is 5.78. The van der Waals surface area contributed by atoms with Gasteiger partial charge in [-0.15, -0.1) is 35.7 Å². The van der Waals surface area contributed by atoms with E-state index in [2.05, 4.69) is 53.3 Å². The van der Waals surface area contributed by atoms with Gasteiger partial charge in [0.1, 0.15) is 0 Å². The second-order valence-corrected chi connectivity index (χ2v) is 6.95. The van der Waals surface area contributed by atoms with Crippen LogP contribution in [0.3, 0.4) is 0 Å². The molecule has 1 aliphatic heterocycles. The number of nitrogens with one attached hydrogen (secondary N) is 1. The van der Waals surface area contributed by atoms with Gasteiger partial charge in [-0.05, 0) is 38.8 Å². The van der Waals surface area contributed by atoms with Crippen LogP contribution in [0.25, 0.3) is 0 Å². The van der Waals surface area contributed by atoms with E-state index in [9.17, 15) is 0 Å². The third kappa shape index (κ3) is 7.19. The molecule has 6 heteroatoms. The van der Waals surface area contributed by atoms with Crippen LogP contribution in [-0.4, -0.2) is 56.0 Å². The van der Waals surface area contributed by atoms with Gasteiger partial charge in [-0.2, -0.15) is 0 Å². The van der Waals surface area contributed by atoms with Crippen LogP contribution in [0.15, 0.2) is 34.2 Å². The highest BCUT2D eigenvalue weighted by molar-refractivity contribution is 14.0. The van der Waals surface area contributed by atoms with Gasteiger partial charge in [0, 0.05) is 43.9 Å². The predicted molar refractivity (Wildman–Crippen MR) is 115 cm³/mol. The fourth-order valence-corrected chi connectivity index (χ4v) is 3.54. The van der Waals surface area contributed by atoms with Crippen molar-refractivity contribution in [2.45, 2.75) is 37.7 Å². The van der Waals surface area contributed by atoms with Crippen LogP contribution in [-0.2, 0) is 4.74 Å². The number of guanidine groups is 1. The molecule has 1 aromatic carbocycles. The monoisotopic (exact) mass is 463 g/mol. The largest absolute Gasteiger partial charge is 0.378 e. The Kier molecular flexibility index (Phi) is 10.8. The molecular formula is C18H30IN3OS. The lowest BCUT2D eigenvalue weighted by Gasteiger charge is -2.34. The molecule has 0 atom stereocenters. The number of ether oxygens (including phenoxy) is 1. The molecule has 1 fully saturated rings. The van der Waals surface area contributed by atoms with Gasteiger partial charge in [-0.1, -0.05) is 17.7 Å². The summed E-state index contributed by atoms with van der Waals surface area (Å²) in [5.74, 6) is 2.06. The summed E-state index contributed by atoms with van der Waals surface area (Å²) in [4.78, 5) is 8.08. The van der Waals surface area contributed by atoms with Crippen molar-refractivity contribution >= 4 is 41.7 Å². The smallest absolute Gasteiger partial charge is 0.193 e. The van der Waals surface area contributed by atoms with Gasteiger partial charge in [0.05, 0.1) is 6.10 Å². The minimum atomic E-state index is 0. The van der Waals surface area contributed by atoms with Gasteiger partial charge in [0.15, 0.2) is 5.96 Å². The molecule has 0 radical (unpaired) electrons. The first-order valence-corrected chi connectivity index (χ1v) is 9.48. The van der Waals surface area contributed by atoms with Crippen molar-refractivity contribution < 1.29 is 4.74 Å². The molecule has 0 amide bonds. The maximum absolute atomic E-state index is 5.71. The van der Waals surface area contributed by atoms with E-state index >= 15 is 0 Å². The first-order valence-electron chi connectivity index (χ1n) is 8.49. The van der Waals surface area contributed by atoms with Crippen LogP contribution in [0.2, 0.25) is 0 Å². The highest BCUT2D eigenvalue weighted by Crippen LogP contribution is 2.17. The van der Waals surface area contributed by atoms with Crippen molar-refractivity contribution in [2.24, 2.45) is 4.99 Å². The summed E-state index contributed by atoms with van der Waals surface area (Å²) in [6.45, 7) is 7.97. The van der Waals surface area contributed by atoms with Crippen LogP contribution in [0.1, 0.15) is 25.3 Å². The van der Waals surface area contributed by atoms with Gasteiger partial charge in [0.2, 0.25) is 0 Å². The van der Waals surface area contributed by atoms with Crippen molar-refractivity contribution in [1.29, 1.82) is 0 Å². The SMILES string of the molecule is CCOC1CCN(C(=NC)NCCSc2ccc(C)cc2)CC1.I. The molecule has 0 saturated carbocycles. The third-order valence-electron chi connectivity index (χ3n) is 4.03. The Morgan fingerprint density at radius 2 is 1.96 bits per heavy atom. The molecule has 0 aromatic heterocycles. The van der Waals surface area contributed by atoms with Gasteiger partial charge in [0.25, 0.3) is 0 Å². The number of aliphatic imine (C=N–C) groups is 1. The zero-order valence-corrected chi connectivity index (χ0v) is 18.1. The molecule has 2 rings (SSSR count). The van der Waals surface area contributed by atoms with E-state index in [0.29, 0.717) is 6.10 Å². The summed E-state index contributed by atoms with van der Waals surface area (Å²) < 4.78 is 5.71. The molecule has 1 saturated heterocycles. The Morgan fingerprint density at radius 3 is 2.54 bits per heavy atom. The van der Waals surface area contributed by atoms with E-state index in [-0.39, 0.29) is 24.0 Å². The minimum Gasteiger partial charge on any atom is -0.378 e. The van der Waals surface area contributed by atoms with Crippen molar-refractivity contribution in [3.63, 3.8) is 0 Å². The first-order chi connectivity index (χ1) is 11.2.